The average molecular weight is 184 g/mol. The number of aryl methyl sites for hydroxylation is 1. The van der Waals surface area contributed by atoms with Gasteiger partial charge in [-0.2, -0.15) is 5.10 Å². The molecule has 0 saturated carbocycles. The normalized spacial score (nSPS) is 10.4. The third kappa shape index (κ3) is 2.31. The molecule has 1 heterocycles. The minimum atomic E-state index is -0.673. The van der Waals surface area contributed by atoms with Crippen molar-refractivity contribution in [2.45, 2.75) is 6.92 Å². The average Bonchev–Trinajstić information content (AvgIpc) is 2.36. The number of nitrogens with zero attached hydrogens (tertiary/aromatic N) is 2. The summed E-state index contributed by atoms with van der Waals surface area (Å²) in [6.07, 6.45) is 1.51. The van der Waals surface area contributed by atoms with E-state index in [2.05, 4.69) is 15.5 Å². The van der Waals surface area contributed by atoms with Crippen molar-refractivity contribution >= 4 is 23.6 Å². The molecule has 64 valence electrons. The van der Waals surface area contributed by atoms with E-state index in [1.165, 1.54) is 17.6 Å². The number of hydrazone groups is 1. The first-order chi connectivity index (χ1) is 5.70. The quantitative estimate of drug-likeness (QED) is 0.517. The lowest BCUT2D eigenvalue weighted by atomic mass is 10.4. The van der Waals surface area contributed by atoms with E-state index in [0.29, 0.717) is 0 Å². The number of primary amides is 1. The summed E-state index contributed by atoms with van der Waals surface area (Å²) in [7, 11) is 0. The number of nitrogens with one attached hydrogen (secondary N) is 1. The van der Waals surface area contributed by atoms with Gasteiger partial charge in [0.25, 0.3) is 0 Å². The SMILES string of the molecule is Cc1ncsc1C=NNC(N)=O. The molecule has 2 amide bonds. The van der Waals surface area contributed by atoms with Crippen molar-refractivity contribution in [1.82, 2.24) is 10.4 Å². The maximum Gasteiger partial charge on any atom is 0.332 e. The topological polar surface area (TPSA) is 80.4 Å². The van der Waals surface area contributed by atoms with E-state index in [0.717, 1.165) is 10.6 Å². The van der Waals surface area contributed by atoms with E-state index in [1.807, 2.05) is 6.92 Å². The Balaban J connectivity index is 2.57. The van der Waals surface area contributed by atoms with Gasteiger partial charge >= 0.3 is 6.03 Å². The summed E-state index contributed by atoms with van der Waals surface area (Å²) in [6.45, 7) is 1.86. The minimum Gasteiger partial charge on any atom is -0.350 e. The second kappa shape index (κ2) is 3.82. The largest absolute Gasteiger partial charge is 0.350 e. The molecule has 1 rings (SSSR count). The lowest BCUT2D eigenvalue weighted by molar-refractivity contribution is 0.249. The molecule has 0 saturated heterocycles. The van der Waals surface area contributed by atoms with Crippen molar-refractivity contribution in [3.63, 3.8) is 0 Å². The Morgan fingerprint density at radius 2 is 2.67 bits per heavy atom. The summed E-state index contributed by atoms with van der Waals surface area (Å²) >= 11 is 1.45. The van der Waals surface area contributed by atoms with Crippen molar-refractivity contribution in [2.75, 3.05) is 0 Å². The van der Waals surface area contributed by atoms with Gasteiger partial charge in [-0.3, -0.25) is 0 Å². The Labute approximate surface area is 73.3 Å². The van der Waals surface area contributed by atoms with E-state index in [1.54, 1.807) is 5.51 Å². The summed E-state index contributed by atoms with van der Waals surface area (Å²) in [5.74, 6) is 0. The van der Waals surface area contributed by atoms with Gasteiger partial charge in [0.2, 0.25) is 0 Å². The zero-order valence-electron chi connectivity index (χ0n) is 6.44. The third-order valence-electron chi connectivity index (χ3n) is 1.14. The lowest BCUT2D eigenvalue weighted by Gasteiger charge is -1.89. The van der Waals surface area contributed by atoms with Crippen molar-refractivity contribution in [3.8, 4) is 0 Å². The first-order valence-corrected chi connectivity index (χ1v) is 4.06. The van der Waals surface area contributed by atoms with E-state index in [-0.39, 0.29) is 0 Å². The molecule has 5 nitrogen and oxygen atoms in total. The first-order valence-electron chi connectivity index (χ1n) is 3.18. The van der Waals surface area contributed by atoms with Crippen LogP contribution in [-0.2, 0) is 0 Å². The Kier molecular flexibility index (Phi) is 2.76. The fourth-order valence-electron chi connectivity index (χ4n) is 0.589. The molecule has 0 fully saturated rings. The minimum absolute atomic E-state index is 0.673. The Morgan fingerprint density at radius 1 is 1.92 bits per heavy atom. The molecule has 0 bridgehead atoms. The Hall–Kier alpha value is -1.43. The molecule has 1 aromatic rings. The monoisotopic (exact) mass is 184 g/mol. The molecule has 0 unspecified atom stereocenters. The van der Waals surface area contributed by atoms with Crippen LogP contribution in [0.5, 0.6) is 0 Å². The van der Waals surface area contributed by atoms with Gasteiger partial charge < -0.3 is 5.73 Å². The highest BCUT2D eigenvalue weighted by atomic mass is 32.1. The highest BCUT2D eigenvalue weighted by Crippen LogP contribution is 2.07. The van der Waals surface area contributed by atoms with Crippen LogP contribution in [0.2, 0.25) is 0 Å². The summed E-state index contributed by atoms with van der Waals surface area (Å²) in [5, 5.41) is 3.60. The number of hydrogen-bond donors (Lipinski definition) is 2. The molecule has 12 heavy (non-hydrogen) atoms. The number of thiazole rings is 1. The zero-order chi connectivity index (χ0) is 8.97. The van der Waals surface area contributed by atoms with Crippen LogP contribution in [0, 0.1) is 6.92 Å². The summed E-state index contributed by atoms with van der Waals surface area (Å²) in [4.78, 5) is 15.1. The van der Waals surface area contributed by atoms with Gasteiger partial charge in [0.15, 0.2) is 0 Å². The number of aromatic nitrogens is 1. The molecular formula is C6H8N4OS. The third-order valence-corrected chi connectivity index (χ3v) is 2.00. The standard InChI is InChI=1S/C6H8N4OS/c1-4-5(12-3-8-4)2-9-10-6(7)11/h2-3H,1H3,(H3,7,10,11). The van der Waals surface area contributed by atoms with Crippen LogP contribution in [0.25, 0.3) is 0 Å². The van der Waals surface area contributed by atoms with Crippen LogP contribution in [0.4, 0.5) is 4.79 Å². The van der Waals surface area contributed by atoms with Crippen LogP contribution < -0.4 is 11.2 Å². The number of nitrogens with two attached hydrogens (primary N) is 1. The van der Waals surface area contributed by atoms with Crippen molar-refractivity contribution in [3.05, 3.63) is 16.1 Å². The van der Waals surface area contributed by atoms with Crippen LogP contribution in [0.3, 0.4) is 0 Å². The smallest absolute Gasteiger partial charge is 0.332 e. The van der Waals surface area contributed by atoms with Crippen LogP contribution in [0.15, 0.2) is 10.6 Å². The van der Waals surface area contributed by atoms with E-state index < -0.39 is 6.03 Å². The lowest BCUT2D eigenvalue weighted by Crippen LogP contribution is -2.24. The Morgan fingerprint density at radius 3 is 3.17 bits per heavy atom. The number of hydrogen-bond acceptors (Lipinski definition) is 4. The van der Waals surface area contributed by atoms with E-state index in [4.69, 9.17) is 5.73 Å². The summed E-state index contributed by atoms with van der Waals surface area (Å²) < 4.78 is 0. The molecule has 6 heteroatoms. The predicted octanol–water partition coefficient (Wildman–Crippen LogP) is 0.454. The summed E-state index contributed by atoms with van der Waals surface area (Å²) in [5.41, 5.74) is 9.49. The number of urea groups is 1. The molecule has 0 spiro atoms. The molecule has 3 N–H and O–H groups in total. The maximum atomic E-state index is 10.2. The summed E-state index contributed by atoms with van der Waals surface area (Å²) in [6, 6.07) is -0.673. The highest BCUT2D eigenvalue weighted by Gasteiger charge is 1.95. The number of carbonyl (C=O) groups is 1. The van der Waals surface area contributed by atoms with E-state index >= 15 is 0 Å². The molecule has 0 aliphatic heterocycles. The molecule has 0 atom stereocenters. The van der Waals surface area contributed by atoms with Crippen molar-refractivity contribution in [2.24, 2.45) is 10.8 Å². The van der Waals surface area contributed by atoms with Crippen LogP contribution in [-0.4, -0.2) is 17.2 Å². The second-order valence-electron chi connectivity index (χ2n) is 2.04. The molecule has 0 aliphatic rings. The second-order valence-corrected chi connectivity index (χ2v) is 2.92. The molecule has 0 aliphatic carbocycles. The first kappa shape index (κ1) is 8.66. The van der Waals surface area contributed by atoms with Gasteiger partial charge in [-0.15, -0.1) is 11.3 Å². The number of amides is 2. The van der Waals surface area contributed by atoms with Gasteiger partial charge in [0, 0.05) is 0 Å². The molecule has 0 radical (unpaired) electrons. The molecular weight excluding hydrogens is 176 g/mol. The fraction of sp³-hybridized carbons (Fsp3) is 0.167. The highest BCUT2D eigenvalue weighted by molar-refractivity contribution is 7.11. The van der Waals surface area contributed by atoms with Gasteiger partial charge in [0.05, 0.1) is 22.3 Å². The maximum absolute atomic E-state index is 10.2. The number of carbonyl (C=O) groups excluding carboxylic acids is 1. The predicted molar refractivity (Wildman–Crippen MR) is 47.2 cm³/mol. The van der Waals surface area contributed by atoms with Crippen LogP contribution >= 0.6 is 11.3 Å². The number of rotatable bonds is 2. The zero-order valence-corrected chi connectivity index (χ0v) is 7.26. The Bertz CT molecular complexity index is 306. The van der Waals surface area contributed by atoms with Crippen LogP contribution in [0.1, 0.15) is 10.6 Å². The molecule has 0 aromatic carbocycles. The molecule has 1 aromatic heterocycles. The van der Waals surface area contributed by atoms with Gasteiger partial charge in [-0.25, -0.2) is 15.2 Å². The van der Waals surface area contributed by atoms with Gasteiger partial charge in [-0.05, 0) is 6.92 Å². The van der Waals surface area contributed by atoms with E-state index in [9.17, 15) is 4.79 Å². The van der Waals surface area contributed by atoms with Gasteiger partial charge in [-0.1, -0.05) is 0 Å². The fourth-order valence-corrected chi connectivity index (χ4v) is 1.25. The van der Waals surface area contributed by atoms with Crippen molar-refractivity contribution in [1.29, 1.82) is 0 Å². The van der Waals surface area contributed by atoms with Crippen molar-refractivity contribution < 1.29 is 4.79 Å². The van der Waals surface area contributed by atoms with Gasteiger partial charge in [0.1, 0.15) is 0 Å².